The molecule has 0 spiro atoms. The van der Waals surface area contributed by atoms with Gasteiger partial charge in [-0.3, -0.25) is 4.79 Å². The second kappa shape index (κ2) is 8.17. The highest BCUT2D eigenvalue weighted by molar-refractivity contribution is 6.06. The number of carbonyl (C=O) groups is 2. The highest BCUT2D eigenvalue weighted by atomic mass is 16.4. The molecule has 126 valence electrons. The van der Waals surface area contributed by atoms with Crippen LogP contribution in [0.4, 0.5) is 5.69 Å². The van der Waals surface area contributed by atoms with E-state index < -0.39 is 11.9 Å². The van der Waals surface area contributed by atoms with E-state index in [1.54, 1.807) is 18.2 Å². The first-order valence-corrected chi connectivity index (χ1v) is 7.26. The number of amides is 1. The number of rotatable bonds is 6. The molecule has 7 nitrogen and oxygen atoms in total. The van der Waals surface area contributed by atoms with E-state index in [1.807, 2.05) is 0 Å². The van der Waals surface area contributed by atoms with Crippen LogP contribution in [0.1, 0.15) is 15.9 Å². The summed E-state index contributed by atoms with van der Waals surface area (Å²) in [5, 5.41) is 32.5. The Hall–Kier alpha value is -3.79. The Morgan fingerprint density at radius 2 is 1.72 bits per heavy atom. The van der Waals surface area contributed by atoms with Gasteiger partial charge in [0.05, 0.1) is 5.56 Å². The minimum atomic E-state index is -1.00. The van der Waals surface area contributed by atoms with Crippen LogP contribution in [0.2, 0.25) is 0 Å². The van der Waals surface area contributed by atoms with Crippen LogP contribution in [-0.2, 0) is 11.3 Å². The largest absolute Gasteiger partial charge is 0.508 e. The number of phenols is 1. The Balaban J connectivity index is 1.95. The molecule has 0 bridgehead atoms. The van der Waals surface area contributed by atoms with Gasteiger partial charge in [0, 0.05) is 18.4 Å². The number of hydrogen-bond acceptors (Lipinski definition) is 5. The Kier molecular flexibility index (Phi) is 5.74. The molecule has 0 aliphatic rings. The molecule has 4 N–H and O–H groups in total. The van der Waals surface area contributed by atoms with Gasteiger partial charge in [0.1, 0.15) is 17.4 Å². The number of hydrogen-bond donors (Lipinski definition) is 4. The van der Waals surface area contributed by atoms with Crippen molar-refractivity contribution >= 4 is 17.6 Å². The lowest BCUT2D eigenvalue weighted by molar-refractivity contribution is -0.112. The molecule has 2 aromatic rings. The summed E-state index contributed by atoms with van der Waals surface area (Å²) in [5.41, 5.74) is 1.33. The minimum Gasteiger partial charge on any atom is -0.508 e. The van der Waals surface area contributed by atoms with E-state index in [0.29, 0.717) is 12.2 Å². The number of nitrogens with one attached hydrogen (secondary N) is 2. The molecule has 0 aliphatic heterocycles. The molecule has 25 heavy (non-hydrogen) atoms. The van der Waals surface area contributed by atoms with Crippen LogP contribution in [0.25, 0.3) is 0 Å². The van der Waals surface area contributed by atoms with Crippen LogP contribution in [0.3, 0.4) is 0 Å². The summed E-state index contributed by atoms with van der Waals surface area (Å²) in [6, 6.07) is 13.9. The molecule has 0 unspecified atom stereocenters. The van der Waals surface area contributed by atoms with Crippen LogP contribution >= 0.6 is 0 Å². The average Bonchev–Trinajstić information content (AvgIpc) is 2.61. The Labute approximate surface area is 143 Å². The van der Waals surface area contributed by atoms with Gasteiger partial charge >= 0.3 is 5.97 Å². The number of benzene rings is 2. The summed E-state index contributed by atoms with van der Waals surface area (Å²) in [6.45, 7) is 0.331. The number of carbonyl (C=O) groups excluding carboxylic acids is 1. The Morgan fingerprint density at radius 1 is 1.08 bits per heavy atom. The molecule has 1 amide bonds. The lowest BCUT2D eigenvalue weighted by atomic mass is 10.1. The number of aromatic carboxylic acids is 1. The van der Waals surface area contributed by atoms with Crippen molar-refractivity contribution in [3.63, 3.8) is 0 Å². The van der Waals surface area contributed by atoms with Gasteiger partial charge in [-0.25, -0.2) is 4.79 Å². The summed E-state index contributed by atoms with van der Waals surface area (Å²) in [6.07, 6.45) is 1.29. The predicted molar refractivity (Wildman–Crippen MR) is 90.7 cm³/mol. The number of nitrogens with zero attached hydrogens (tertiary/aromatic N) is 1. The van der Waals surface area contributed by atoms with Crippen molar-refractivity contribution in [3.8, 4) is 11.8 Å². The van der Waals surface area contributed by atoms with Crippen LogP contribution in [0, 0.1) is 11.3 Å². The number of aromatic hydroxyl groups is 1. The van der Waals surface area contributed by atoms with E-state index in [-0.39, 0.29) is 16.9 Å². The fraction of sp³-hybridized carbons (Fsp3) is 0.0556. The van der Waals surface area contributed by atoms with Gasteiger partial charge in [-0.05, 0) is 42.0 Å². The standard InChI is InChI=1S/C18H15N3O4/c19-9-14(17(23)21-15-5-7-16(22)8-6-15)11-20-10-12-1-3-13(4-2-12)18(24)25/h1-8,11,20,22H,10H2,(H,21,23)(H,24,25)/b14-11-. The molecule has 0 atom stereocenters. The molecule has 0 fully saturated rings. The molecular formula is C18H15N3O4. The summed E-state index contributed by atoms with van der Waals surface area (Å²) in [7, 11) is 0. The van der Waals surface area contributed by atoms with E-state index in [2.05, 4.69) is 10.6 Å². The van der Waals surface area contributed by atoms with Crippen LogP contribution in [-0.4, -0.2) is 22.1 Å². The van der Waals surface area contributed by atoms with E-state index in [9.17, 15) is 14.7 Å². The quantitative estimate of drug-likeness (QED) is 0.364. The van der Waals surface area contributed by atoms with Gasteiger partial charge in [0.2, 0.25) is 0 Å². The third-order valence-corrected chi connectivity index (χ3v) is 3.24. The molecule has 7 heteroatoms. The lowest BCUT2D eigenvalue weighted by Gasteiger charge is -2.06. The van der Waals surface area contributed by atoms with E-state index >= 15 is 0 Å². The van der Waals surface area contributed by atoms with Gasteiger partial charge in [0.25, 0.3) is 5.91 Å². The molecule has 0 heterocycles. The Morgan fingerprint density at radius 3 is 2.28 bits per heavy atom. The van der Waals surface area contributed by atoms with E-state index in [1.165, 1.54) is 42.6 Å². The van der Waals surface area contributed by atoms with Gasteiger partial charge in [0.15, 0.2) is 0 Å². The third-order valence-electron chi connectivity index (χ3n) is 3.24. The molecule has 2 aromatic carbocycles. The van der Waals surface area contributed by atoms with Crippen molar-refractivity contribution in [1.82, 2.24) is 5.32 Å². The monoisotopic (exact) mass is 337 g/mol. The zero-order chi connectivity index (χ0) is 18.2. The SMILES string of the molecule is N#C/C(=C/NCc1ccc(C(=O)O)cc1)C(=O)Nc1ccc(O)cc1. The molecule has 0 radical (unpaired) electrons. The van der Waals surface area contributed by atoms with Crippen molar-refractivity contribution in [2.45, 2.75) is 6.54 Å². The Bertz CT molecular complexity index is 834. The zero-order valence-electron chi connectivity index (χ0n) is 13.1. The lowest BCUT2D eigenvalue weighted by Crippen LogP contribution is -2.16. The van der Waals surface area contributed by atoms with Crippen LogP contribution in [0.5, 0.6) is 5.75 Å². The molecule has 0 saturated heterocycles. The van der Waals surface area contributed by atoms with E-state index in [0.717, 1.165) is 5.56 Å². The maximum atomic E-state index is 12.0. The smallest absolute Gasteiger partial charge is 0.335 e. The van der Waals surface area contributed by atoms with Crippen molar-refractivity contribution in [3.05, 3.63) is 71.4 Å². The van der Waals surface area contributed by atoms with Gasteiger partial charge < -0.3 is 20.8 Å². The number of carboxylic acid groups (broad SMARTS) is 1. The molecule has 2 rings (SSSR count). The first-order chi connectivity index (χ1) is 12.0. The molecule has 0 saturated carbocycles. The molecular weight excluding hydrogens is 322 g/mol. The van der Waals surface area contributed by atoms with Gasteiger partial charge in [-0.1, -0.05) is 12.1 Å². The average molecular weight is 337 g/mol. The first kappa shape index (κ1) is 17.6. The maximum Gasteiger partial charge on any atom is 0.335 e. The minimum absolute atomic E-state index is 0.0737. The normalized spacial score (nSPS) is 10.6. The highest BCUT2D eigenvalue weighted by Crippen LogP contribution is 2.14. The molecule has 0 aliphatic carbocycles. The topological polar surface area (TPSA) is 122 Å². The summed E-state index contributed by atoms with van der Waals surface area (Å²) in [5.74, 6) is -1.51. The maximum absolute atomic E-state index is 12.0. The van der Waals surface area contributed by atoms with Gasteiger partial charge in [-0.15, -0.1) is 0 Å². The summed E-state index contributed by atoms with van der Waals surface area (Å²) < 4.78 is 0. The second-order valence-electron chi connectivity index (χ2n) is 5.05. The number of carboxylic acids is 1. The van der Waals surface area contributed by atoms with Gasteiger partial charge in [-0.2, -0.15) is 5.26 Å². The van der Waals surface area contributed by atoms with Crippen molar-refractivity contribution in [2.75, 3.05) is 5.32 Å². The number of phenolic OH excluding ortho intramolecular Hbond substituents is 1. The van der Waals surface area contributed by atoms with Crippen LogP contribution in [0.15, 0.2) is 60.3 Å². The van der Waals surface area contributed by atoms with Crippen LogP contribution < -0.4 is 10.6 Å². The second-order valence-corrected chi connectivity index (χ2v) is 5.05. The summed E-state index contributed by atoms with van der Waals surface area (Å²) >= 11 is 0. The van der Waals surface area contributed by atoms with E-state index in [4.69, 9.17) is 10.4 Å². The number of nitriles is 1. The first-order valence-electron chi connectivity index (χ1n) is 7.26. The van der Waals surface area contributed by atoms with Crippen molar-refractivity contribution in [1.29, 1.82) is 5.26 Å². The fourth-order valence-electron chi connectivity index (χ4n) is 1.93. The zero-order valence-corrected chi connectivity index (χ0v) is 13.1. The third kappa shape index (κ3) is 5.11. The van der Waals surface area contributed by atoms with Crippen molar-refractivity contribution in [2.24, 2.45) is 0 Å². The predicted octanol–water partition coefficient (Wildman–Crippen LogP) is 2.23. The summed E-state index contributed by atoms with van der Waals surface area (Å²) in [4.78, 5) is 22.8. The fourth-order valence-corrected chi connectivity index (χ4v) is 1.93. The molecule has 0 aromatic heterocycles. The number of anilines is 1. The highest BCUT2D eigenvalue weighted by Gasteiger charge is 2.09. The van der Waals surface area contributed by atoms with Crippen molar-refractivity contribution < 1.29 is 19.8 Å².